The van der Waals surface area contributed by atoms with Gasteiger partial charge in [0.15, 0.2) is 0 Å². The summed E-state index contributed by atoms with van der Waals surface area (Å²) in [7, 11) is 0. The summed E-state index contributed by atoms with van der Waals surface area (Å²) in [6.07, 6.45) is 3.65. The minimum absolute atomic E-state index is 0.0876. The first kappa shape index (κ1) is 13.9. The maximum atomic E-state index is 11.7. The van der Waals surface area contributed by atoms with E-state index in [2.05, 4.69) is 49.6 Å². The van der Waals surface area contributed by atoms with Gasteiger partial charge < -0.3 is 10.6 Å². The number of carbonyl (C=O) groups excluding carboxylic acids is 1. The van der Waals surface area contributed by atoms with Crippen molar-refractivity contribution < 1.29 is 4.79 Å². The van der Waals surface area contributed by atoms with Gasteiger partial charge in [-0.15, -0.1) is 0 Å². The Bertz CT molecular complexity index is 460. The summed E-state index contributed by atoms with van der Waals surface area (Å²) in [6, 6.07) is 6.46. The summed E-state index contributed by atoms with van der Waals surface area (Å²) in [5.41, 5.74) is 4.23. The second-order valence-electron chi connectivity index (χ2n) is 6.55. The normalized spacial score (nSPS) is 14.1. The van der Waals surface area contributed by atoms with Crippen LogP contribution in [0, 0.1) is 5.41 Å². The van der Waals surface area contributed by atoms with E-state index in [-0.39, 0.29) is 11.4 Å². The zero-order valence-corrected chi connectivity index (χ0v) is 12.2. The lowest BCUT2D eigenvalue weighted by molar-refractivity contribution is 0.235. The quantitative estimate of drug-likeness (QED) is 0.861. The van der Waals surface area contributed by atoms with Crippen LogP contribution in [0.2, 0.25) is 0 Å². The molecule has 1 aliphatic rings. The molecule has 2 amide bonds. The molecule has 0 unspecified atom stereocenters. The zero-order chi connectivity index (χ0) is 13.9. The van der Waals surface area contributed by atoms with Crippen LogP contribution in [0.25, 0.3) is 0 Å². The maximum absolute atomic E-state index is 11.7. The third-order valence-corrected chi connectivity index (χ3v) is 3.40. The molecule has 0 atom stereocenters. The average Bonchev–Trinajstić information content (AvgIpc) is 2.80. The molecule has 1 aliphatic carbocycles. The number of rotatable bonds is 3. The van der Waals surface area contributed by atoms with Gasteiger partial charge in [0.05, 0.1) is 0 Å². The second-order valence-corrected chi connectivity index (χ2v) is 6.55. The van der Waals surface area contributed by atoms with Gasteiger partial charge >= 0.3 is 6.03 Å². The van der Waals surface area contributed by atoms with Crippen LogP contribution in [0.1, 0.15) is 43.9 Å². The fourth-order valence-corrected chi connectivity index (χ4v) is 2.33. The molecule has 104 valence electrons. The largest absolute Gasteiger partial charge is 0.338 e. The Balaban J connectivity index is 1.81. The van der Waals surface area contributed by atoms with Crippen molar-refractivity contribution in [2.45, 2.75) is 46.6 Å². The topological polar surface area (TPSA) is 41.1 Å². The van der Waals surface area contributed by atoms with Crippen molar-refractivity contribution in [3.05, 3.63) is 34.9 Å². The molecular formula is C16H24N2O. The molecule has 1 aromatic rings. The average molecular weight is 260 g/mol. The third-order valence-electron chi connectivity index (χ3n) is 3.40. The molecule has 2 N–H and O–H groups in total. The molecule has 3 heteroatoms. The number of aryl methyl sites for hydroxylation is 2. The first-order valence-corrected chi connectivity index (χ1v) is 7.06. The molecule has 0 saturated heterocycles. The number of nitrogens with one attached hydrogen (secondary N) is 2. The van der Waals surface area contributed by atoms with Gasteiger partial charge in [-0.05, 0) is 41.4 Å². The van der Waals surface area contributed by atoms with Crippen molar-refractivity contribution >= 4 is 6.03 Å². The molecule has 0 bridgehead atoms. The van der Waals surface area contributed by atoms with Crippen LogP contribution in [0.5, 0.6) is 0 Å². The predicted molar refractivity (Wildman–Crippen MR) is 78.2 cm³/mol. The summed E-state index contributed by atoms with van der Waals surface area (Å²) in [6.45, 7) is 7.60. The SMILES string of the molecule is CC(C)(C)CNC(=O)NCc1ccc2c(c1)CCC2. The van der Waals surface area contributed by atoms with Crippen molar-refractivity contribution in [3.63, 3.8) is 0 Å². The minimum atomic E-state index is -0.0876. The molecule has 0 spiro atoms. The smallest absolute Gasteiger partial charge is 0.315 e. The van der Waals surface area contributed by atoms with Crippen LogP contribution in [-0.2, 0) is 19.4 Å². The highest BCUT2D eigenvalue weighted by atomic mass is 16.2. The van der Waals surface area contributed by atoms with Crippen LogP contribution in [0.3, 0.4) is 0 Å². The first-order chi connectivity index (χ1) is 8.94. The third kappa shape index (κ3) is 4.27. The van der Waals surface area contributed by atoms with Crippen LogP contribution in [-0.4, -0.2) is 12.6 Å². The lowest BCUT2D eigenvalue weighted by Gasteiger charge is -2.19. The molecule has 19 heavy (non-hydrogen) atoms. The standard InChI is InChI=1S/C16H24N2O/c1-16(2,3)11-18-15(19)17-10-12-7-8-13-5-4-6-14(13)9-12/h7-9H,4-6,10-11H2,1-3H3,(H2,17,18,19). The lowest BCUT2D eigenvalue weighted by Crippen LogP contribution is -2.39. The second kappa shape index (κ2) is 5.64. The number of benzene rings is 1. The van der Waals surface area contributed by atoms with Gasteiger partial charge in [-0.3, -0.25) is 0 Å². The number of hydrogen-bond acceptors (Lipinski definition) is 1. The van der Waals surface area contributed by atoms with E-state index in [1.54, 1.807) is 0 Å². The summed E-state index contributed by atoms with van der Waals surface area (Å²) in [5.74, 6) is 0. The molecule has 0 heterocycles. The molecular weight excluding hydrogens is 236 g/mol. The molecule has 0 saturated carbocycles. The van der Waals surface area contributed by atoms with E-state index in [1.807, 2.05) is 0 Å². The van der Waals surface area contributed by atoms with Gasteiger partial charge in [0.1, 0.15) is 0 Å². The van der Waals surface area contributed by atoms with Crippen LogP contribution in [0.15, 0.2) is 18.2 Å². The number of urea groups is 1. The maximum Gasteiger partial charge on any atom is 0.315 e. The Morgan fingerprint density at radius 3 is 2.63 bits per heavy atom. The Hall–Kier alpha value is -1.51. The van der Waals surface area contributed by atoms with Crippen molar-refractivity contribution in [2.75, 3.05) is 6.54 Å². The summed E-state index contributed by atoms with van der Waals surface area (Å²) >= 11 is 0. The van der Waals surface area contributed by atoms with Crippen LogP contribution >= 0.6 is 0 Å². The van der Waals surface area contributed by atoms with Gasteiger partial charge in [0.2, 0.25) is 0 Å². The molecule has 0 radical (unpaired) electrons. The van der Waals surface area contributed by atoms with Gasteiger partial charge in [-0.2, -0.15) is 0 Å². The van der Waals surface area contributed by atoms with Gasteiger partial charge in [-0.1, -0.05) is 39.0 Å². The van der Waals surface area contributed by atoms with Crippen LogP contribution in [0.4, 0.5) is 4.79 Å². The van der Waals surface area contributed by atoms with Gasteiger partial charge in [-0.25, -0.2) is 4.79 Å². The van der Waals surface area contributed by atoms with Crippen molar-refractivity contribution in [1.29, 1.82) is 0 Å². The van der Waals surface area contributed by atoms with Crippen LogP contribution < -0.4 is 10.6 Å². The number of hydrogen-bond donors (Lipinski definition) is 2. The highest BCUT2D eigenvalue weighted by molar-refractivity contribution is 5.73. The molecule has 0 aromatic heterocycles. The monoisotopic (exact) mass is 260 g/mol. The van der Waals surface area contributed by atoms with Crippen molar-refractivity contribution in [2.24, 2.45) is 5.41 Å². The number of carbonyl (C=O) groups is 1. The Morgan fingerprint density at radius 1 is 1.16 bits per heavy atom. The lowest BCUT2D eigenvalue weighted by atomic mass is 9.97. The van der Waals surface area contributed by atoms with E-state index in [4.69, 9.17) is 0 Å². The zero-order valence-electron chi connectivity index (χ0n) is 12.2. The highest BCUT2D eigenvalue weighted by Gasteiger charge is 2.13. The van der Waals surface area contributed by atoms with Crippen molar-refractivity contribution in [3.8, 4) is 0 Å². The molecule has 0 fully saturated rings. The first-order valence-electron chi connectivity index (χ1n) is 7.06. The molecule has 0 aliphatic heterocycles. The summed E-state index contributed by atoms with van der Waals surface area (Å²) < 4.78 is 0. The summed E-state index contributed by atoms with van der Waals surface area (Å²) in [4.78, 5) is 11.7. The van der Waals surface area contributed by atoms with E-state index in [1.165, 1.54) is 36.0 Å². The van der Waals surface area contributed by atoms with Crippen molar-refractivity contribution in [1.82, 2.24) is 10.6 Å². The van der Waals surface area contributed by atoms with E-state index >= 15 is 0 Å². The predicted octanol–water partition coefficient (Wildman–Crippen LogP) is 3.02. The fourth-order valence-electron chi connectivity index (χ4n) is 2.33. The molecule has 2 rings (SSSR count). The molecule has 1 aromatic carbocycles. The Morgan fingerprint density at radius 2 is 1.89 bits per heavy atom. The number of amides is 2. The van der Waals surface area contributed by atoms with E-state index < -0.39 is 0 Å². The van der Waals surface area contributed by atoms with E-state index in [0.29, 0.717) is 13.1 Å². The fraction of sp³-hybridized carbons (Fsp3) is 0.562. The number of fused-ring (bicyclic) bond motifs is 1. The molecule has 3 nitrogen and oxygen atoms in total. The highest BCUT2D eigenvalue weighted by Crippen LogP contribution is 2.22. The van der Waals surface area contributed by atoms with E-state index in [9.17, 15) is 4.79 Å². The van der Waals surface area contributed by atoms with Gasteiger partial charge in [0.25, 0.3) is 0 Å². The Labute approximate surface area is 115 Å². The minimum Gasteiger partial charge on any atom is -0.338 e. The van der Waals surface area contributed by atoms with Gasteiger partial charge in [0, 0.05) is 13.1 Å². The van der Waals surface area contributed by atoms with E-state index in [0.717, 1.165) is 0 Å². The summed E-state index contributed by atoms with van der Waals surface area (Å²) in [5, 5.41) is 5.81. The Kier molecular flexibility index (Phi) is 4.13.